The van der Waals surface area contributed by atoms with Gasteiger partial charge in [0.15, 0.2) is 4.96 Å². The van der Waals surface area contributed by atoms with Crippen molar-refractivity contribution in [2.24, 2.45) is 0 Å². The van der Waals surface area contributed by atoms with Crippen LogP contribution in [0, 0.1) is 0 Å². The van der Waals surface area contributed by atoms with Gasteiger partial charge in [0.05, 0.1) is 22.6 Å². The number of hydrogen-bond acceptors (Lipinski definition) is 5. The Morgan fingerprint density at radius 2 is 2.33 bits per heavy atom. The van der Waals surface area contributed by atoms with Crippen molar-refractivity contribution in [3.63, 3.8) is 0 Å². The van der Waals surface area contributed by atoms with E-state index in [0.717, 1.165) is 21.0 Å². The lowest BCUT2D eigenvalue weighted by Crippen LogP contribution is -2.22. The second-order valence-electron chi connectivity index (χ2n) is 4.47. The molecule has 0 unspecified atom stereocenters. The highest BCUT2D eigenvalue weighted by Crippen LogP contribution is 2.28. The van der Waals surface area contributed by atoms with Crippen LogP contribution in [-0.4, -0.2) is 20.3 Å². The van der Waals surface area contributed by atoms with Gasteiger partial charge in [0.2, 0.25) is 0 Å². The van der Waals surface area contributed by atoms with Crippen molar-refractivity contribution in [1.82, 2.24) is 19.7 Å². The minimum atomic E-state index is -0.0902. The van der Waals surface area contributed by atoms with Crippen molar-refractivity contribution < 1.29 is 4.79 Å². The predicted octanol–water partition coefficient (Wildman–Crippen LogP) is 2.94. The molecule has 0 radical (unpaired) electrons. The summed E-state index contributed by atoms with van der Waals surface area (Å²) in [6, 6.07) is 7.53. The molecule has 0 saturated heterocycles. The monoisotopic (exact) mass is 314 g/mol. The molecule has 104 valence electrons. The van der Waals surface area contributed by atoms with Gasteiger partial charge in [0.1, 0.15) is 4.83 Å². The molecule has 0 spiro atoms. The molecule has 5 nitrogen and oxygen atoms in total. The maximum absolute atomic E-state index is 12.2. The van der Waals surface area contributed by atoms with Gasteiger partial charge in [-0.05, 0) is 18.2 Å². The van der Waals surface area contributed by atoms with Gasteiger partial charge in [-0.25, -0.2) is 4.98 Å². The summed E-state index contributed by atoms with van der Waals surface area (Å²) in [7, 11) is 0. The quantitative estimate of drug-likeness (QED) is 0.632. The molecule has 0 aromatic carbocycles. The number of fused-ring (bicyclic) bond motifs is 3. The molecule has 1 amide bonds. The van der Waals surface area contributed by atoms with Crippen molar-refractivity contribution in [2.75, 3.05) is 0 Å². The molecular formula is C14H10N4OS2. The molecule has 0 bridgehead atoms. The van der Waals surface area contributed by atoms with Crippen molar-refractivity contribution in [2.45, 2.75) is 6.54 Å². The lowest BCUT2D eigenvalue weighted by molar-refractivity contribution is 0.0954. The molecule has 1 N–H and O–H groups in total. The number of pyridine rings is 1. The average molecular weight is 314 g/mol. The Hall–Kier alpha value is -2.25. The van der Waals surface area contributed by atoms with Crippen LogP contribution in [0.3, 0.4) is 0 Å². The first-order chi connectivity index (χ1) is 10.3. The molecule has 4 rings (SSSR count). The molecular weight excluding hydrogens is 304 g/mol. The molecule has 0 atom stereocenters. The Bertz CT molecular complexity index is 922. The second-order valence-corrected chi connectivity index (χ2v) is 6.38. The molecule has 0 aliphatic carbocycles. The fraction of sp³-hybridized carbons (Fsp3) is 0.0714. The Labute approximate surface area is 127 Å². The lowest BCUT2D eigenvalue weighted by atomic mass is 10.3. The third kappa shape index (κ3) is 2.20. The number of carbonyl (C=O) groups is 1. The number of nitrogens with one attached hydrogen (secondary N) is 1. The van der Waals surface area contributed by atoms with Crippen molar-refractivity contribution >= 4 is 43.9 Å². The standard InChI is InChI=1S/C14H10N4OS2/c19-12(16-8-9-3-1-2-4-15-9)11-7-10-13(21-11)17-14-18(10)5-6-20-14/h1-7H,8H2,(H,16,19). The number of rotatable bonds is 3. The van der Waals surface area contributed by atoms with Gasteiger partial charge in [-0.3, -0.25) is 14.2 Å². The first-order valence-electron chi connectivity index (χ1n) is 6.34. The SMILES string of the molecule is O=C(NCc1ccccn1)c1cc2c(nc3sccn32)s1. The van der Waals surface area contributed by atoms with Gasteiger partial charge in [-0.2, -0.15) is 0 Å². The molecule has 0 aliphatic heterocycles. The minimum absolute atomic E-state index is 0.0902. The molecule has 4 aromatic rings. The molecule has 7 heteroatoms. The Morgan fingerprint density at radius 3 is 3.19 bits per heavy atom. The smallest absolute Gasteiger partial charge is 0.261 e. The Kier molecular flexibility index (Phi) is 2.94. The Balaban J connectivity index is 1.57. The number of carbonyl (C=O) groups excluding carboxylic acids is 1. The van der Waals surface area contributed by atoms with Crippen LogP contribution in [0.5, 0.6) is 0 Å². The summed E-state index contributed by atoms with van der Waals surface area (Å²) in [6.07, 6.45) is 3.69. The summed E-state index contributed by atoms with van der Waals surface area (Å²) in [5.41, 5.74) is 1.83. The largest absolute Gasteiger partial charge is 0.346 e. The van der Waals surface area contributed by atoms with Gasteiger partial charge < -0.3 is 5.32 Å². The van der Waals surface area contributed by atoms with E-state index in [0.29, 0.717) is 11.4 Å². The maximum Gasteiger partial charge on any atom is 0.261 e. The van der Waals surface area contributed by atoms with Gasteiger partial charge >= 0.3 is 0 Å². The average Bonchev–Trinajstić information content (AvgIpc) is 3.17. The third-order valence-corrected chi connectivity index (χ3v) is 4.89. The van der Waals surface area contributed by atoms with E-state index in [4.69, 9.17) is 0 Å². The van der Waals surface area contributed by atoms with Crippen molar-refractivity contribution in [3.8, 4) is 0 Å². The maximum atomic E-state index is 12.2. The first-order valence-corrected chi connectivity index (χ1v) is 8.04. The van der Waals surface area contributed by atoms with E-state index in [1.54, 1.807) is 17.5 Å². The van der Waals surface area contributed by atoms with E-state index >= 15 is 0 Å². The fourth-order valence-electron chi connectivity index (χ4n) is 2.12. The topological polar surface area (TPSA) is 59.3 Å². The molecule has 4 aromatic heterocycles. The molecule has 4 heterocycles. The van der Waals surface area contributed by atoms with E-state index in [1.165, 1.54) is 11.3 Å². The van der Waals surface area contributed by atoms with E-state index in [-0.39, 0.29) is 5.91 Å². The van der Waals surface area contributed by atoms with Crippen LogP contribution in [-0.2, 0) is 6.54 Å². The van der Waals surface area contributed by atoms with Gasteiger partial charge in [0.25, 0.3) is 5.91 Å². The molecule has 0 aliphatic rings. The second kappa shape index (κ2) is 4.94. The zero-order valence-corrected chi connectivity index (χ0v) is 12.4. The third-order valence-electron chi connectivity index (χ3n) is 3.12. The molecule has 21 heavy (non-hydrogen) atoms. The number of thiazole rings is 1. The van der Waals surface area contributed by atoms with Gasteiger partial charge in [0, 0.05) is 17.8 Å². The summed E-state index contributed by atoms with van der Waals surface area (Å²) < 4.78 is 2.01. The summed E-state index contributed by atoms with van der Waals surface area (Å²) in [5.74, 6) is -0.0902. The van der Waals surface area contributed by atoms with E-state index in [1.807, 2.05) is 40.2 Å². The zero-order valence-electron chi connectivity index (χ0n) is 10.8. The number of hydrogen-bond donors (Lipinski definition) is 1. The number of nitrogens with zero attached hydrogens (tertiary/aromatic N) is 3. The highest BCUT2D eigenvalue weighted by molar-refractivity contribution is 7.21. The highest BCUT2D eigenvalue weighted by atomic mass is 32.1. The van der Waals surface area contributed by atoms with Crippen LogP contribution < -0.4 is 5.32 Å². The van der Waals surface area contributed by atoms with E-state index in [2.05, 4.69) is 15.3 Å². The van der Waals surface area contributed by atoms with Crippen LogP contribution in [0.15, 0.2) is 42.0 Å². The van der Waals surface area contributed by atoms with Gasteiger partial charge in [-0.15, -0.1) is 22.7 Å². The van der Waals surface area contributed by atoms with Crippen molar-refractivity contribution in [3.05, 3.63) is 52.6 Å². The summed E-state index contributed by atoms with van der Waals surface area (Å²) in [4.78, 5) is 23.4. The predicted molar refractivity (Wildman–Crippen MR) is 83.9 cm³/mol. The zero-order chi connectivity index (χ0) is 14.2. The van der Waals surface area contributed by atoms with Crippen LogP contribution in [0.25, 0.3) is 15.3 Å². The lowest BCUT2D eigenvalue weighted by Gasteiger charge is -2.02. The number of amides is 1. The normalized spacial score (nSPS) is 11.2. The van der Waals surface area contributed by atoms with Crippen LogP contribution in [0.2, 0.25) is 0 Å². The number of aromatic nitrogens is 3. The number of thiophene rings is 1. The van der Waals surface area contributed by atoms with Crippen LogP contribution in [0.4, 0.5) is 0 Å². The summed E-state index contributed by atoms with van der Waals surface area (Å²) in [5, 5.41) is 4.87. The number of imidazole rings is 1. The fourth-order valence-corrected chi connectivity index (χ4v) is 3.84. The van der Waals surface area contributed by atoms with E-state index in [9.17, 15) is 4.79 Å². The highest BCUT2D eigenvalue weighted by Gasteiger charge is 2.14. The van der Waals surface area contributed by atoms with Crippen molar-refractivity contribution in [1.29, 1.82) is 0 Å². The molecule has 0 saturated carbocycles. The van der Waals surface area contributed by atoms with Crippen LogP contribution >= 0.6 is 22.7 Å². The van der Waals surface area contributed by atoms with E-state index < -0.39 is 0 Å². The Morgan fingerprint density at radius 1 is 1.38 bits per heavy atom. The van der Waals surface area contributed by atoms with Gasteiger partial charge in [-0.1, -0.05) is 6.07 Å². The summed E-state index contributed by atoms with van der Waals surface area (Å²) in [6.45, 7) is 0.427. The minimum Gasteiger partial charge on any atom is -0.346 e. The molecule has 0 fully saturated rings. The first kappa shape index (κ1) is 12.5. The summed E-state index contributed by atoms with van der Waals surface area (Å²) >= 11 is 3.00. The van der Waals surface area contributed by atoms with Crippen LogP contribution in [0.1, 0.15) is 15.4 Å².